The van der Waals surface area contributed by atoms with Crippen LogP contribution >= 0.6 is 23.5 Å². The SMILES string of the molecule is CC1CSC(=O)S1. The van der Waals surface area contributed by atoms with E-state index in [1.807, 2.05) is 0 Å². The molecule has 0 N–H and O–H groups in total. The molecule has 1 aliphatic rings. The Morgan fingerprint density at radius 1 is 1.86 bits per heavy atom. The Balaban J connectivity index is 2.40. The average molecular weight is 134 g/mol. The minimum atomic E-state index is 0.285. The molecule has 0 spiro atoms. The van der Waals surface area contributed by atoms with Gasteiger partial charge in [0.1, 0.15) is 0 Å². The van der Waals surface area contributed by atoms with Crippen LogP contribution in [0.1, 0.15) is 6.92 Å². The third-order valence-electron chi connectivity index (χ3n) is 0.733. The summed E-state index contributed by atoms with van der Waals surface area (Å²) in [6, 6.07) is 0. The molecule has 3 heteroatoms. The molecule has 0 aromatic rings. The molecule has 1 fully saturated rings. The van der Waals surface area contributed by atoms with Crippen LogP contribution < -0.4 is 0 Å². The van der Waals surface area contributed by atoms with Crippen LogP contribution in [-0.2, 0) is 0 Å². The number of thioether (sulfide) groups is 2. The fourth-order valence-corrected chi connectivity index (χ4v) is 2.56. The molecule has 1 unspecified atom stereocenters. The van der Waals surface area contributed by atoms with E-state index in [9.17, 15) is 4.79 Å². The van der Waals surface area contributed by atoms with Gasteiger partial charge in [0.25, 0.3) is 0 Å². The minimum Gasteiger partial charge on any atom is -0.274 e. The van der Waals surface area contributed by atoms with Gasteiger partial charge >= 0.3 is 0 Å². The van der Waals surface area contributed by atoms with Crippen LogP contribution in [0.5, 0.6) is 0 Å². The van der Waals surface area contributed by atoms with Crippen molar-refractivity contribution in [2.45, 2.75) is 12.2 Å². The van der Waals surface area contributed by atoms with Crippen molar-refractivity contribution in [1.29, 1.82) is 0 Å². The van der Waals surface area contributed by atoms with Crippen molar-refractivity contribution in [2.24, 2.45) is 0 Å². The fourth-order valence-electron chi connectivity index (χ4n) is 0.418. The van der Waals surface area contributed by atoms with Gasteiger partial charge in [0.15, 0.2) is 0 Å². The van der Waals surface area contributed by atoms with Gasteiger partial charge in [-0.05, 0) is 0 Å². The highest BCUT2D eigenvalue weighted by Gasteiger charge is 2.18. The molecule has 0 saturated carbocycles. The van der Waals surface area contributed by atoms with Gasteiger partial charge in [-0.1, -0.05) is 30.4 Å². The molecule has 0 bridgehead atoms. The van der Waals surface area contributed by atoms with Gasteiger partial charge in [0, 0.05) is 11.0 Å². The quantitative estimate of drug-likeness (QED) is 0.504. The van der Waals surface area contributed by atoms with Crippen molar-refractivity contribution in [3.05, 3.63) is 0 Å². The maximum Gasteiger partial charge on any atom is 0.246 e. The molecule has 0 aromatic carbocycles. The van der Waals surface area contributed by atoms with Gasteiger partial charge in [0.05, 0.1) is 0 Å². The summed E-state index contributed by atoms with van der Waals surface area (Å²) in [5.41, 5.74) is 0. The number of carbonyl (C=O) groups excluding carboxylic acids is 1. The first-order chi connectivity index (χ1) is 3.29. The first-order valence-electron chi connectivity index (χ1n) is 2.12. The monoisotopic (exact) mass is 134 g/mol. The van der Waals surface area contributed by atoms with Gasteiger partial charge in [-0.2, -0.15) is 0 Å². The van der Waals surface area contributed by atoms with Gasteiger partial charge in [-0.3, -0.25) is 4.79 Å². The van der Waals surface area contributed by atoms with E-state index in [-0.39, 0.29) is 4.45 Å². The molecule has 7 heavy (non-hydrogen) atoms. The zero-order chi connectivity index (χ0) is 5.28. The van der Waals surface area contributed by atoms with Crippen molar-refractivity contribution in [1.82, 2.24) is 0 Å². The average Bonchev–Trinajstić information content (AvgIpc) is 1.87. The standard InChI is InChI=1S/C4H6OS2/c1-3-2-6-4(5)7-3/h3H,2H2,1H3. The lowest BCUT2D eigenvalue weighted by molar-refractivity contribution is 0.277. The topological polar surface area (TPSA) is 17.1 Å². The molecule has 40 valence electrons. The third kappa shape index (κ3) is 1.39. The van der Waals surface area contributed by atoms with E-state index in [1.165, 1.54) is 23.5 Å². The number of carbonyl (C=O) groups is 1. The smallest absolute Gasteiger partial charge is 0.246 e. The van der Waals surface area contributed by atoms with E-state index in [2.05, 4.69) is 6.92 Å². The Labute approximate surface area is 51.2 Å². The highest BCUT2D eigenvalue weighted by molar-refractivity contribution is 8.41. The molecular weight excluding hydrogens is 128 g/mol. The summed E-state index contributed by atoms with van der Waals surface area (Å²) in [6.45, 7) is 2.07. The van der Waals surface area contributed by atoms with E-state index in [0.29, 0.717) is 5.25 Å². The third-order valence-corrected chi connectivity index (χ3v) is 3.25. The van der Waals surface area contributed by atoms with Gasteiger partial charge in [-0.25, -0.2) is 0 Å². The first-order valence-corrected chi connectivity index (χ1v) is 3.99. The second kappa shape index (κ2) is 2.09. The molecule has 1 atom stereocenters. The zero-order valence-electron chi connectivity index (χ0n) is 4.01. The summed E-state index contributed by atoms with van der Waals surface area (Å²) in [7, 11) is 0. The van der Waals surface area contributed by atoms with Crippen molar-refractivity contribution in [3.63, 3.8) is 0 Å². The second-order valence-electron chi connectivity index (χ2n) is 1.49. The zero-order valence-corrected chi connectivity index (χ0v) is 5.64. The van der Waals surface area contributed by atoms with Crippen molar-refractivity contribution < 1.29 is 4.79 Å². The van der Waals surface area contributed by atoms with E-state index >= 15 is 0 Å². The Hall–Kier alpha value is 0.370. The molecule has 1 saturated heterocycles. The van der Waals surface area contributed by atoms with Crippen molar-refractivity contribution >= 4 is 28.0 Å². The van der Waals surface area contributed by atoms with E-state index in [4.69, 9.17) is 0 Å². The summed E-state index contributed by atoms with van der Waals surface area (Å²) < 4.78 is 0.285. The Morgan fingerprint density at radius 3 is 2.71 bits per heavy atom. The highest BCUT2D eigenvalue weighted by atomic mass is 32.2. The molecule has 0 radical (unpaired) electrons. The number of rotatable bonds is 0. The van der Waals surface area contributed by atoms with Crippen molar-refractivity contribution in [2.75, 3.05) is 5.75 Å². The molecule has 1 nitrogen and oxygen atoms in total. The highest BCUT2D eigenvalue weighted by Crippen LogP contribution is 2.31. The van der Waals surface area contributed by atoms with Gasteiger partial charge in [-0.15, -0.1) is 0 Å². The van der Waals surface area contributed by atoms with Crippen LogP contribution in [0.3, 0.4) is 0 Å². The predicted molar refractivity (Wildman–Crippen MR) is 34.9 cm³/mol. The summed E-state index contributed by atoms with van der Waals surface area (Å²) >= 11 is 2.87. The number of hydrogen-bond acceptors (Lipinski definition) is 3. The lowest BCUT2D eigenvalue weighted by atomic mass is 10.6. The molecular formula is C4H6OS2. The molecule has 0 amide bonds. The van der Waals surface area contributed by atoms with Gasteiger partial charge < -0.3 is 0 Å². The van der Waals surface area contributed by atoms with Crippen molar-refractivity contribution in [3.8, 4) is 0 Å². The molecule has 1 aliphatic heterocycles. The van der Waals surface area contributed by atoms with Gasteiger partial charge in [0.2, 0.25) is 4.45 Å². The molecule has 1 heterocycles. The largest absolute Gasteiger partial charge is 0.274 e. The normalized spacial score (nSPS) is 31.6. The maximum absolute atomic E-state index is 10.4. The Bertz CT molecular complexity index is 91.7. The first kappa shape index (κ1) is 5.51. The van der Waals surface area contributed by atoms with Crippen LogP contribution in [0.4, 0.5) is 4.79 Å². The Morgan fingerprint density at radius 2 is 2.57 bits per heavy atom. The van der Waals surface area contributed by atoms with Crippen LogP contribution in [0, 0.1) is 0 Å². The summed E-state index contributed by atoms with van der Waals surface area (Å²) in [5.74, 6) is 1.00. The summed E-state index contributed by atoms with van der Waals surface area (Å²) in [4.78, 5) is 10.4. The number of hydrogen-bond donors (Lipinski definition) is 0. The molecule has 0 aromatic heterocycles. The maximum atomic E-state index is 10.4. The van der Waals surface area contributed by atoms with Crippen LogP contribution in [0.2, 0.25) is 0 Å². The fraction of sp³-hybridized carbons (Fsp3) is 0.750. The van der Waals surface area contributed by atoms with Crippen LogP contribution in [0.15, 0.2) is 0 Å². The van der Waals surface area contributed by atoms with Crippen LogP contribution in [-0.4, -0.2) is 15.5 Å². The minimum absolute atomic E-state index is 0.285. The van der Waals surface area contributed by atoms with E-state index < -0.39 is 0 Å². The Kier molecular flexibility index (Phi) is 1.65. The summed E-state index contributed by atoms with van der Waals surface area (Å²) in [5, 5.41) is 0.553. The van der Waals surface area contributed by atoms with E-state index in [1.54, 1.807) is 0 Å². The lowest BCUT2D eigenvalue weighted by Gasteiger charge is -1.87. The molecule has 0 aliphatic carbocycles. The predicted octanol–water partition coefficient (Wildman–Crippen LogP) is 1.97. The summed E-state index contributed by atoms with van der Waals surface area (Å²) in [6.07, 6.45) is 0. The van der Waals surface area contributed by atoms with Crippen LogP contribution in [0.25, 0.3) is 0 Å². The second-order valence-corrected chi connectivity index (χ2v) is 4.15. The molecule has 1 rings (SSSR count). The van der Waals surface area contributed by atoms with E-state index in [0.717, 1.165) is 5.75 Å². The lowest BCUT2D eigenvalue weighted by Crippen LogP contribution is -1.88.